The molecule has 0 spiro atoms. The number of aryl methyl sites for hydroxylation is 2. The van der Waals surface area contributed by atoms with Gasteiger partial charge in [0.1, 0.15) is 0 Å². The van der Waals surface area contributed by atoms with Crippen LogP contribution >= 0.6 is 0 Å². The Morgan fingerprint density at radius 1 is 1.12 bits per heavy atom. The van der Waals surface area contributed by atoms with E-state index in [1.165, 1.54) is 6.20 Å². The van der Waals surface area contributed by atoms with E-state index < -0.39 is 5.97 Å². The molecule has 1 N–H and O–H groups in total. The predicted octanol–water partition coefficient (Wildman–Crippen LogP) is 2.46. The summed E-state index contributed by atoms with van der Waals surface area (Å²) in [4.78, 5) is 18.8. The van der Waals surface area contributed by atoms with Gasteiger partial charge in [-0.15, -0.1) is 0 Å². The van der Waals surface area contributed by atoms with Crippen LogP contribution in [0, 0.1) is 13.8 Å². The number of benzene rings is 1. The minimum Gasteiger partial charge on any atom is -0.476 e. The molecule has 0 fully saturated rings. The zero-order chi connectivity index (χ0) is 12.4. The molecule has 2 aromatic rings. The Hall–Kier alpha value is -2.23. The third kappa shape index (κ3) is 2.47. The van der Waals surface area contributed by atoms with Gasteiger partial charge >= 0.3 is 5.97 Å². The smallest absolute Gasteiger partial charge is 0.356 e. The van der Waals surface area contributed by atoms with Gasteiger partial charge in [-0.05, 0) is 26.0 Å². The first-order chi connectivity index (χ1) is 8.06. The lowest BCUT2D eigenvalue weighted by atomic mass is 10.1. The highest BCUT2D eigenvalue weighted by molar-refractivity contribution is 5.85. The topological polar surface area (TPSA) is 63.1 Å². The molecule has 86 valence electrons. The van der Waals surface area contributed by atoms with E-state index in [0.29, 0.717) is 5.69 Å². The highest BCUT2D eigenvalue weighted by Crippen LogP contribution is 2.19. The minimum absolute atomic E-state index is 0.0401. The van der Waals surface area contributed by atoms with Gasteiger partial charge in [-0.25, -0.2) is 9.78 Å². The van der Waals surface area contributed by atoms with E-state index in [0.717, 1.165) is 16.7 Å². The first-order valence-electron chi connectivity index (χ1n) is 5.20. The van der Waals surface area contributed by atoms with Crippen molar-refractivity contribution in [1.82, 2.24) is 9.97 Å². The number of aromatic carboxylic acids is 1. The Kier molecular flexibility index (Phi) is 2.87. The van der Waals surface area contributed by atoms with Crippen molar-refractivity contribution in [2.45, 2.75) is 13.8 Å². The van der Waals surface area contributed by atoms with Crippen LogP contribution in [-0.4, -0.2) is 21.0 Å². The van der Waals surface area contributed by atoms with Gasteiger partial charge in [-0.3, -0.25) is 4.98 Å². The van der Waals surface area contributed by atoms with Crippen LogP contribution in [0.15, 0.2) is 30.6 Å². The van der Waals surface area contributed by atoms with Gasteiger partial charge in [-0.1, -0.05) is 17.2 Å². The molecule has 1 heterocycles. The maximum atomic E-state index is 10.8. The Labute approximate surface area is 99.0 Å². The lowest BCUT2D eigenvalue weighted by Gasteiger charge is -2.04. The first kappa shape index (κ1) is 11.3. The first-order valence-corrected chi connectivity index (χ1v) is 5.20. The highest BCUT2D eigenvalue weighted by atomic mass is 16.4. The molecule has 1 aromatic heterocycles. The van der Waals surface area contributed by atoms with Crippen molar-refractivity contribution in [3.63, 3.8) is 0 Å². The number of rotatable bonds is 2. The lowest BCUT2D eigenvalue weighted by molar-refractivity contribution is 0.0690. The molecular formula is C13H12N2O2. The van der Waals surface area contributed by atoms with E-state index in [1.54, 1.807) is 6.20 Å². The molecule has 0 saturated heterocycles. The third-order valence-corrected chi connectivity index (χ3v) is 2.37. The number of hydrogen-bond acceptors (Lipinski definition) is 3. The van der Waals surface area contributed by atoms with Crippen LogP contribution < -0.4 is 0 Å². The summed E-state index contributed by atoms with van der Waals surface area (Å²) in [5.74, 6) is -1.07. The molecule has 0 radical (unpaired) electrons. The van der Waals surface area contributed by atoms with Crippen molar-refractivity contribution < 1.29 is 9.90 Å². The number of nitrogens with zero attached hydrogens (tertiary/aromatic N) is 2. The molecule has 4 nitrogen and oxygen atoms in total. The summed E-state index contributed by atoms with van der Waals surface area (Å²) in [6.07, 6.45) is 2.81. The molecular weight excluding hydrogens is 216 g/mol. The summed E-state index contributed by atoms with van der Waals surface area (Å²) >= 11 is 0. The molecule has 0 unspecified atom stereocenters. The molecule has 0 amide bonds. The van der Waals surface area contributed by atoms with Crippen LogP contribution in [0.2, 0.25) is 0 Å². The second-order valence-electron chi connectivity index (χ2n) is 3.97. The van der Waals surface area contributed by atoms with E-state index in [9.17, 15) is 4.79 Å². The van der Waals surface area contributed by atoms with Crippen LogP contribution in [0.4, 0.5) is 0 Å². The summed E-state index contributed by atoms with van der Waals surface area (Å²) < 4.78 is 0. The van der Waals surface area contributed by atoms with Gasteiger partial charge in [0.05, 0.1) is 18.1 Å². The molecule has 0 aliphatic carbocycles. The monoisotopic (exact) mass is 228 g/mol. The van der Waals surface area contributed by atoms with Gasteiger partial charge in [0.2, 0.25) is 0 Å². The Morgan fingerprint density at radius 3 is 2.35 bits per heavy atom. The number of carboxylic acid groups (broad SMARTS) is 1. The molecule has 0 aliphatic rings. The number of carboxylic acids is 1. The van der Waals surface area contributed by atoms with Crippen molar-refractivity contribution in [3.05, 3.63) is 47.4 Å². The predicted molar refractivity (Wildman–Crippen MR) is 63.9 cm³/mol. The Balaban J connectivity index is 2.52. The lowest BCUT2D eigenvalue weighted by Crippen LogP contribution is -2.02. The quantitative estimate of drug-likeness (QED) is 0.857. The molecule has 1 aromatic carbocycles. The van der Waals surface area contributed by atoms with Gasteiger partial charge in [0.15, 0.2) is 5.69 Å². The maximum Gasteiger partial charge on any atom is 0.356 e. The largest absolute Gasteiger partial charge is 0.476 e. The molecule has 4 heteroatoms. The Bertz CT molecular complexity index is 559. The second kappa shape index (κ2) is 4.33. The van der Waals surface area contributed by atoms with E-state index in [-0.39, 0.29) is 5.69 Å². The van der Waals surface area contributed by atoms with Gasteiger partial charge in [0, 0.05) is 5.56 Å². The number of hydrogen-bond donors (Lipinski definition) is 1. The number of aromatic nitrogens is 2. The standard InChI is InChI=1S/C13H12N2O2/c1-8-3-9(2)5-10(4-8)11-6-14-7-12(15-11)13(16)17/h3-7H,1-2H3,(H,16,17). The molecule has 0 saturated carbocycles. The fourth-order valence-corrected chi connectivity index (χ4v) is 1.73. The fraction of sp³-hybridized carbons (Fsp3) is 0.154. The van der Waals surface area contributed by atoms with Crippen LogP contribution in [-0.2, 0) is 0 Å². The zero-order valence-electron chi connectivity index (χ0n) is 9.64. The molecule has 2 rings (SSSR count). The van der Waals surface area contributed by atoms with Crippen LogP contribution in [0.1, 0.15) is 21.6 Å². The normalized spacial score (nSPS) is 10.2. The Morgan fingerprint density at radius 2 is 1.76 bits per heavy atom. The summed E-state index contributed by atoms with van der Waals surface area (Å²) in [6, 6.07) is 5.98. The average molecular weight is 228 g/mol. The molecule has 0 aliphatic heterocycles. The third-order valence-electron chi connectivity index (χ3n) is 2.37. The second-order valence-corrected chi connectivity index (χ2v) is 3.97. The van der Waals surface area contributed by atoms with Crippen LogP contribution in [0.3, 0.4) is 0 Å². The average Bonchev–Trinajstić information content (AvgIpc) is 2.28. The number of carbonyl (C=O) groups is 1. The summed E-state index contributed by atoms with van der Waals surface area (Å²) in [5.41, 5.74) is 3.65. The van der Waals surface area contributed by atoms with Crippen molar-refractivity contribution in [2.24, 2.45) is 0 Å². The fourth-order valence-electron chi connectivity index (χ4n) is 1.73. The van der Waals surface area contributed by atoms with Gasteiger partial charge in [-0.2, -0.15) is 0 Å². The van der Waals surface area contributed by atoms with Gasteiger partial charge < -0.3 is 5.11 Å². The highest BCUT2D eigenvalue weighted by Gasteiger charge is 2.08. The van der Waals surface area contributed by atoms with Crippen LogP contribution in [0.5, 0.6) is 0 Å². The summed E-state index contributed by atoms with van der Waals surface area (Å²) in [5, 5.41) is 8.86. The van der Waals surface area contributed by atoms with Crippen molar-refractivity contribution in [2.75, 3.05) is 0 Å². The van der Waals surface area contributed by atoms with Crippen molar-refractivity contribution >= 4 is 5.97 Å². The van der Waals surface area contributed by atoms with Crippen molar-refractivity contribution in [1.29, 1.82) is 0 Å². The van der Waals surface area contributed by atoms with Crippen molar-refractivity contribution in [3.8, 4) is 11.3 Å². The minimum atomic E-state index is -1.07. The SMILES string of the molecule is Cc1cc(C)cc(-c2cncc(C(=O)O)n2)c1. The van der Waals surface area contributed by atoms with E-state index in [1.807, 2.05) is 26.0 Å². The van der Waals surface area contributed by atoms with E-state index >= 15 is 0 Å². The zero-order valence-corrected chi connectivity index (χ0v) is 9.64. The molecule has 0 bridgehead atoms. The summed E-state index contributed by atoms with van der Waals surface area (Å²) in [7, 11) is 0. The van der Waals surface area contributed by atoms with Crippen LogP contribution in [0.25, 0.3) is 11.3 Å². The van der Waals surface area contributed by atoms with Gasteiger partial charge in [0.25, 0.3) is 0 Å². The maximum absolute atomic E-state index is 10.8. The summed E-state index contributed by atoms with van der Waals surface area (Å²) in [6.45, 7) is 3.98. The molecule has 0 atom stereocenters. The van der Waals surface area contributed by atoms with E-state index in [4.69, 9.17) is 5.11 Å². The molecule has 17 heavy (non-hydrogen) atoms. The van der Waals surface area contributed by atoms with E-state index in [2.05, 4.69) is 16.0 Å².